The fourth-order valence-electron chi connectivity index (χ4n) is 1.14. The summed E-state index contributed by atoms with van der Waals surface area (Å²) in [5, 5.41) is 0.754. The predicted octanol–water partition coefficient (Wildman–Crippen LogP) is 3.04. The van der Waals surface area contributed by atoms with E-state index in [2.05, 4.69) is 20.9 Å². The molecular formula is C8H5BrClN. The second kappa shape index (κ2) is 2.61. The third kappa shape index (κ3) is 1.21. The van der Waals surface area contributed by atoms with Crippen LogP contribution in [0.15, 0.2) is 21.6 Å². The Bertz CT molecular complexity index is 333. The van der Waals surface area contributed by atoms with Crippen molar-refractivity contribution in [3.8, 4) is 0 Å². The molecule has 0 radical (unpaired) electrons. The SMILES string of the molecule is Clc1cc(Br)c2c(c1)C=NC2. The van der Waals surface area contributed by atoms with Gasteiger partial charge in [0.2, 0.25) is 0 Å². The van der Waals surface area contributed by atoms with Gasteiger partial charge in [-0.25, -0.2) is 0 Å². The Morgan fingerprint density at radius 3 is 3.09 bits per heavy atom. The van der Waals surface area contributed by atoms with E-state index >= 15 is 0 Å². The monoisotopic (exact) mass is 229 g/mol. The van der Waals surface area contributed by atoms with Crippen molar-refractivity contribution in [1.82, 2.24) is 0 Å². The van der Waals surface area contributed by atoms with Crippen molar-refractivity contribution < 1.29 is 0 Å². The zero-order chi connectivity index (χ0) is 7.84. The molecule has 1 aliphatic rings. The molecule has 1 heterocycles. The molecule has 0 saturated heterocycles. The van der Waals surface area contributed by atoms with E-state index in [-0.39, 0.29) is 0 Å². The van der Waals surface area contributed by atoms with Crippen LogP contribution in [0.4, 0.5) is 0 Å². The molecule has 2 rings (SSSR count). The summed E-state index contributed by atoms with van der Waals surface area (Å²) in [6.45, 7) is 0.771. The highest BCUT2D eigenvalue weighted by molar-refractivity contribution is 9.10. The van der Waals surface area contributed by atoms with E-state index in [9.17, 15) is 0 Å². The van der Waals surface area contributed by atoms with E-state index in [1.807, 2.05) is 18.3 Å². The standard InChI is InChI=1S/C8H5BrClN/c9-8-2-6(10)1-5-3-11-4-7(5)8/h1-3H,4H2. The maximum absolute atomic E-state index is 5.84. The molecule has 0 aliphatic carbocycles. The lowest BCUT2D eigenvalue weighted by molar-refractivity contribution is 1.10. The van der Waals surface area contributed by atoms with Gasteiger partial charge in [-0.05, 0) is 23.3 Å². The number of hydrogen-bond donors (Lipinski definition) is 0. The highest BCUT2D eigenvalue weighted by Gasteiger charge is 2.10. The van der Waals surface area contributed by atoms with E-state index in [4.69, 9.17) is 11.6 Å². The van der Waals surface area contributed by atoms with Crippen molar-refractivity contribution in [1.29, 1.82) is 0 Å². The van der Waals surface area contributed by atoms with Crippen molar-refractivity contribution >= 4 is 33.7 Å². The number of fused-ring (bicyclic) bond motifs is 1. The summed E-state index contributed by atoms with van der Waals surface area (Å²) in [6.07, 6.45) is 1.85. The summed E-state index contributed by atoms with van der Waals surface area (Å²) in [5.41, 5.74) is 2.36. The van der Waals surface area contributed by atoms with Gasteiger partial charge in [-0.1, -0.05) is 27.5 Å². The van der Waals surface area contributed by atoms with Gasteiger partial charge in [0, 0.05) is 15.7 Å². The van der Waals surface area contributed by atoms with E-state index < -0.39 is 0 Å². The predicted molar refractivity (Wildman–Crippen MR) is 50.5 cm³/mol. The van der Waals surface area contributed by atoms with Gasteiger partial charge in [-0.2, -0.15) is 0 Å². The average Bonchev–Trinajstić information content (AvgIpc) is 2.34. The number of benzene rings is 1. The van der Waals surface area contributed by atoms with Gasteiger partial charge < -0.3 is 0 Å². The van der Waals surface area contributed by atoms with Crippen molar-refractivity contribution in [2.75, 3.05) is 0 Å². The molecule has 0 saturated carbocycles. The van der Waals surface area contributed by atoms with Gasteiger partial charge in [0.25, 0.3) is 0 Å². The molecule has 3 heteroatoms. The molecule has 0 atom stereocenters. The van der Waals surface area contributed by atoms with Gasteiger partial charge in [-0.15, -0.1) is 0 Å². The number of halogens is 2. The van der Waals surface area contributed by atoms with E-state index in [1.54, 1.807) is 0 Å². The summed E-state index contributed by atoms with van der Waals surface area (Å²) < 4.78 is 1.05. The van der Waals surface area contributed by atoms with Crippen LogP contribution in [0, 0.1) is 0 Å². The first-order valence-electron chi connectivity index (χ1n) is 3.25. The highest BCUT2D eigenvalue weighted by atomic mass is 79.9. The number of hydrogen-bond acceptors (Lipinski definition) is 1. The third-order valence-corrected chi connectivity index (χ3v) is 2.60. The van der Waals surface area contributed by atoms with Gasteiger partial charge in [0.1, 0.15) is 0 Å². The van der Waals surface area contributed by atoms with Crippen molar-refractivity contribution in [2.24, 2.45) is 4.99 Å². The Balaban J connectivity index is 2.66. The molecule has 0 aromatic heterocycles. The van der Waals surface area contributed by atoms with Crippen LogP contribution in [0.25, 0.3) is 0 Å². The molecule has 0 spiro atoms. The lowest BCUT2D eigenvalue weighted by Gasteiger charge is -2.00. The number of rotatable bonds is 0. The Morgan fingerprint density at radius 2 is 2.27 bits per heavy atom. The summed E-state index contributed by atoms with van der Waals surface area (Å²) in [7, 11) is 0. The van der Waals surface area contributed by atoms with E-state index in [0.29, 0.717) is 0 Å². The molecule has 56 valence electrons. The van der Waals surface area contributed by atoms with Crippen LogP contribution >= 0.6 is 27.5 Å². The highest BCUT2D eigenvalue weighted by Crippen LogP contribution is 2.27. The summed E-state index contributed by atoms with van der Waals surface area (Å²) in [5.74, 6) is 0. The summed E-state index contributed by atoms with van der Waals surface area (Å²) >= 11 is 9.27. The molecule has 0 bridgehead atoms. The zero-order valence-corrected chi connectivity index (χ0v) is 7.98. The number of aliphatic imine (C=N–C) groups is 1. The normalized spacial score (nSPS) is 13.6. The molecule has 1 aromatic carbocycles. The Hall–Kier alpha value is -0.340. The van der Waals surface area contributed by atoms with Crippen LogP contribution in [0.2, 0.25) is 5.02 Å². The summed E-state index contributed by atoms with van der Waals surface area (Å²) in [4.78, 5) is 4.14. The molecule has 1 nitrogen and oxygen atoms in total. The molecule has 1 aromatic rings. The van der Waals surface area contributed by atoms with Crippen LogP contribution in [0.1, 0.15) is 11.1 Å². The molecular weight excluding hydrogens is 225 g/mol. The second-order valence-corrected chi connectivity index (χ2v) is 3.72. The minimum absolute atomic E-state index is 0.754. The lowest BCUT2D eigenvalue weighted by atomic mass is 10.1. The van der Waals surface area contributed by atoms with Crippen molar-refractivity contribution in [3.05, 3.63) is 32.8 Å². The minimum atomic E-state index is 0.754. The van der Waals surface area contributed by atoms with E-state index in [0.717, 1.165) is 21.6 Å². The second-order valence-electron chi connectivity index (χ2n) is 2.43. The van der Waals surface area contributed by atoms with Crippen LogP contribution < -0.4 is 0 Å². The first kappa shape index (κ1) is 7.32. The first-order chi connectivity index (χ1) is 5.27. The van der Waals surface area contributed by atoms with Gasteiger partial charge in [0.15, 0.2) is 0 Å². The lowest BCUT2D eigenvalue weighted by Crippen LogP contribution is -1.85. The van der Waals surface area contributed by atoms with E-state index in [1.165, 1.54) is 5.56 Å². The van der Waals surface area contributed by atoms with Crippen molar-refractivity contribution in [2.45, 2.75) is 6.54 Å². The van der Waals surface area contributed by atoms with Crippen LogP contribution in [0.5, 0.6) is 0 Å². The maximum Gasteiger partial charge on any atom is 0.0657 e. The fraction of sp³-hybridized carbons (Fsp3) is 0.125. The quantitative estimate of drug-likeness (QED) is 0.650. The zero-order valence-electron chi connectivity index (χ0n) is 5.64. The number of nitrogens with zero attached hydrogens (tertiary/aromatic N) is 1. The van der Waals surface area contributed by atoms with Gasteiger partial charge in [0.05, 0.1) is 6.54 Å². The average molecular weight is 230 g/mol. The van der Waals surface area contributed by atoms with Crippen molar-refractivity contribution in [3.63, 3.8) is 0 Å². The molecule has 0 N–H and O–H groups in total. The largest absolute Gasteiger partial charge is 0.288 e. The van der Waals surface area contributed by atoms with Crippen LogP contribution in [-0.4, -0.2) is 6.21 Å². The molecule has 0 unspecified atom stereocenters. The molecule has 11 heavy (non-hydrogen) atoms. The van der Waals surface area contributed by atoms with Crippen LogP contribution in [0.3, 0.4) is 0 Å². The third-order valence-electron chi connectivity index (χ3n) is 1.67. The molecule has 0 amide bonds. The molecule has 1 aliphatic heterocycles. The van der Waals surface area contributed by atoms with Gasteiger partial charge in [-0.3, -0.25) is 4.99 Å². The Morgan fingerprint density at radius 1 is 1.45 bits per heavy atom. The van der Waals surface area contributed by atoms with Crippen LogP contribution in [-0.2, 0) is 6.54 Å². The minimum Gasteiger partial charge on any atom is -0.288 e. The van der Waals surface area contributed by atoms with Gasteiger partial charge >= 0.3 is 0 Å². The summed E-state index contributed by atoms with van der Waals surface area (Å²) in [6, 6.07) is 3.83. The first-order valence-corrected chi connectivity index (χ1v) is 4.42. The molecule has 0 fully saturated rings. The Labute approximate surface area is 78.2 Å². The maximum atomic E-state index is 5.84. The topological polar surface area (TPSA) is 12.4 Å². The Kier molecular flexibility index (Phi) is 1.74. The fourth-order valence-corrected chi connectivity index (χ4v) is 2.10. The smallest absolute Gasteiger partial charge is 0.0657 e.